The molecule has 3 nitrogen and oxygen atoms in total. The van der Waals surface area contributed by atoms with Crippen LogP contribution in [-0.2, 0) is 0 Å². The van der Waals surface area contributed by atoms with Crippen molar-refractivity contribution in [1.82, 2.24) is 0 Å². The number of amides is 1. The number of anilines is 2. The van der Waals surface area contributed by atoms with Crippen molar-refractivity contribution in [1.29, 1.82) is 0 Å². The molecule has 0 aromatic heterocycles. The van der Waals surface area contributed by atoms with E-state index in [1.54, 1.807) is 30.3 Å². The van der Waals surface area contributed by atoms with E-state index in [0.717, 1.165) is 10.0 Å². The van der Waals surface area contributed by atoms with Gasteiger partial charge in [0.2, 0.25) is 0 Å². The Morgan fingerprint density at radius 3 is 2.70 bits per heavy atom. The van der Waals surface area contributed by atoms with E-state index in [9.17, 15) is 4.79 Å². The summed E-state index contributed by atoms with van der Waals surface area (Å²) < 4.78 is 1.41. The molecule has 6 heteroatoms. The van der Waals surface area contributed by atoms with Crippen molar-refractivity contribution in [2.45, 2.75) is 6.92 Å². The minimum absolute atomic E-state index is 0.238. The van der Waals surface area contributed by atoms with E-state index in [1.807, 2.05) is 6.92 Å². The fraction of sp³-hybridized carbons (Fsp3) is 0.0714. The second-order valence-electron chi connectivity index (χ2n) is 4.22. The monoisotopic (exact) mass is 416 g/mol. The number of carbonyl (C=O) groups excluding carboxylic acids is 1. The third-order valence-corrected chi connectivity index (χ3v) is 4.71. The molecule has 0 heterocycles. The standard InChI is InChI=1S/C14H11Br2ClN2O/c1-7-9(5-8(15)6-11(7)18)14(20)19-12-4-2-3-10(17)13(12)16/h2-6H,18H2,1H3,(H,19,20). The van der Waals surface area contributed by atoms with Gasteiger partial charge in [0, 0.05) is 15.7 Å². The first-order valence-electron chi connectivity index (χ1n) is 5.71. The lowest BCUT2D eigenvalue weighted by molar-refractivity contribution is 0.102. The Bertz CT molecular complexity index is 689. The summed E-state index contributed by atoms with van der Waals surface area (Å²) in [5.41, 5.74) is 8.30. The smallest absolute Gasteiger partial charge is 0.256 e. The molecule has 0 atom stereocenters. The molecule has 0 aliphatic carbocycles. The third-order valence-electron chi connectivity index (χ3n) is 2.86. The molecule has 0 bridgehead atoms. The topological polar surface area (TPSA) is 55.1 Å². The van der Waals surface area contributed by atoms with Crippen molar-refractivity contribution in [2.24, 2.45) is 0 Å². The maximum absolute atomic E-state index is 12.4. The predicted octanol–water partition coefficient (Wildman–Crippen LogP) is 5.01. The number of halogens is 3. The van der Waals surface area contributed by atoms with Crippen LogP contribution in [0.2, 0.25) is 5.02 Å². The Morgan fingerprint density at radius 1 is 1.30 bits per heavy atom. The molecule has 0 spiro atoms. The fourth-order valence-corrected chi connectivity index (χ4v) is 2.74. The molecule has 0 radical (unpaired) electrons. The van der Waals surface area contributed by atoms with Crippen molar-refractivity contribution in [3.05, 3.63) is 55.4 Å². The van der Waals surface area contributed by atoms with Gasteiger partial charge in [0.25, 0.3) is 5.91 Å². The normalized spacial score (nSPS) is 10.4. The van der Waals surface area contributed by atoms with Crippen LogP contribution in [-0.4, -0.2) is 5.91 Å². The van der Waals surface area contributed by atoms with E-state index in [4.69, 9.17) is 17.3 Å². The Hall–Kier alpha value is -1.04. The Morgan fingerprint density at radius 2 is 2.00 bits per heavy atom. The van der Waals surface area contributed by atoms with Gasteiger partial charge in [0.15, 0.2) is 0 Å². The zero-order valence-electron chi connectivity index (χ0n) is 10.5. The van der Waals surface area contributed by atoms with Crippen molar-refractivity contribution < 1.29 is 4.79 Å². The number of nitrogen functional groups attached to an aromatic ring is 1. The van der Waals surface area contributed by atoms with Crippen LogP contribution < -0.4 is 11.1 Å². The molecule has 0 aliphatic rings. The van der Waals surface area contributed by atoms with Crippen LogP contribution in [0, 0.1) is 6.92 Å². The maximum atomic E-state index is 12.4. The van der Waals surface area contributed by atoms with Gasteiger partial charge in [-0.25, -0.2) is 0 Å². The van der Waals surface area contributed by atoms with Gasteiger partial charge < -0.3 is 11.1 Å². The molecule has 104 valence electrons. The fourth-order valence-electron chi connectivity index (χ4n) is 1.73. The SMILES string of the molecule is Cc1c(N)cc(Br)cc1C(=O)Nc1cccc(Cl)c1Br. The summed E-state index contributed by atoms with van der Waals surface area (Å²) in [6.45, 7) is 1.81. The number of hydrogen-bond donors (Lipinski definition) is 2. The van der Waals surface area contributed by atoms with E-state index in [-0.39, 0.29) is 5.91 Å². The van der Waals surface area contributed by atoms with Crippen LogP contribution >= 0.6 is 43.5 Å². The number of nitrogens with one attached hydrogen (secondary N) is 1. The molecule has 0 saturated heterocycles. The van der Waals surface area contributed by atoms with Crippen molar-refractivity contribution in [3.63, 3.8) is 0 Å². The highest BCUT2D eigenvalue weighted by atomic mass is 79.9. The van der Waals surface area contributed by atoms with Gasteiger partial charge in [-0.15, -0.1) is 0 Å². The number of hydrogen-bond acceptors (Lipinski definition) is 2. The molecule has 2 aromatic carbocycles. The summed E-state index contributed by atoms with van der Waals surface area (Å²) in [5.74, 6) is -0.238. The van der Waals surface area contributed by atoms with E-state index in [2.05, 4.69) is 37.2 Å². The average molecular weight is 419 g/mol. The van der Waals surface area contributed by atoms with Crippen molar-refractivity contribution in [3.8, 4) is 0 Å². The molecule has 3 N–H and O–H groups in total. The van der Waals surface area contributed by atoms with Crippen molar-refractivity contribution >= 4 is 60.7 Å². The lowest BCUT2D eigenvalue weighted by Gasteiger charge is -2.12. The highest BCUT2D eigenvalue weighted by Crippen LogP contribution is 2.31. The Kier molecular flexibility index (Phi) is 4.73. The number of nitrogens with two attached hydrogens (primary N) is 1. The molecule has 1 amide bonds. The second-order valence-corrected chi connectivity index (χ2v) is 6.34. The average Bonchev–Trinajstić information content (AvgIpc) is 2.39. The molecular formula is C14H11Br2ClN2O. The van der Waals surface area contributed by atoms with E-state index in [1.165, 1.54) is 0 Å². The minimum Gasteiger partial charge on any atom is -0.398 e. The Balaban J connectivity index is 2.36. The summed E-state index contributed by atoms with van der Waals surface area (Å²) in [6, 6.07) is 8.78. The van der Waals surface area contributed by atoms with Gasteiger partial charge in [-0.3, -0.25) is 4.79 Å². The van der Waals surface area contributed by atoms with Gasteiger partial charge in [0.05, 0.1) is 15.2 Å². The number of rotatable bonds is 2. The highest BCUT2D eigenvalue weighted by Gasteiger charge is 2.14. The zero-order valence-corrected chi connectivity index (χ0v) is 14.4. The molecule has 20 heavy (non-hydrogen) atoms. The highest BCUT2D eigenvalue weighted by molar-refractivity contribution is 9.11. The van der Waals surface area contributed by atoms with Crippen molar-refractivity contribution in [2.75, 3.05) is 11.1 Å². The number of benzene rings is 2. The molecule has 0 saturated carbocycles. The van der Waals surface area contributed by atoms with Gasteiger partial charge in [-0.2, -0.15) is 0 Å². The van der Waals surface area contributed by atoms with Crippen LogP contribution in [0.25, 0.3) is 0 Å². The molecule has 2 aromatic rings. The summed E-state index contributed by atoms with van der Waals surface area (Å²) in [6.07, 6.45) is 0. The molecule has 0 aliphatic heterocycles. The van der Waals surface area contributed by atoms with Crippen LogP contribution in [0.4, 0.5) is 11.4 Å². The van der Waals surface area contributed by atoms with Crippen LogP contribution in [0.15, 0.2) is 39.3 Å². The first kappa shape index (κ1) is 15.4. The van der Waals surface area contributed by atoms with Crippen LogP contribution in [0.1, 0.15) is 15.9 Å². The predicted molar refractivity (Wildman–Crippen MR) is 90.4 cm³/mol. The first-order valence-corrected chi connectivity index (χ1v) is 7.67. The van der Waals surface area contributed by atoms with Gasteiger partial charge in [-0.1, -0.05) is 33.6 Å². The second kappa shape index (κ2) is 6.16. The van der Waals surface area contributed by atoms with Gasteiger partial charge >= 0.3 is 0 Å². The first-order chi connectivity index (χ1) is 9.40. The molecular weight excluding hydrogens is 407 g/mol. The summed E-state index contributed by atoms with van der Waals surface area (Å²) in [7, 11) is 0. The minimum atomic E-state index is -0.238. The largest absolute Gasteiger partial charge is 0.398 e. The van der Waals surface area contributed by atoms with Gasteiger partial charge in [0.1, 0.15) is 0 Å². The van der Waals surface area contributed by atoms with Crippen LogP contribution in [0.5, 0.6) is 0 Å². The Labute approximate surface area is 138 Å². The van der Waals surface area contributed by atoms with E-state index in [0.29, 0.717) is 26.4 Å². The summed E-state index contributed by atoms with van der Waals surface area (Å²) in [5, 5.41) is 3.35. The van der Waals surface area contributed by atoms with Gasteiger partial charge in [-0.05, 0) is 52.7 Å². The molecule has 0 fully saturated rings. The number of carbonyl (C=O) groups is 1. The van der Waals surface area contributed by atoms with E-state index < -0.39 is 0 Å². The third kappa shape index (κ3) is 3.16. The van der Waals surface area contributed by atoms with Crippen LogP contribution in [0.3, 0.4) is 0 Å². The zero-order chi connectivity index (χ0) is 14.9. The lowest BCUT2D eigenvalue weighted by Crippen LogP contribution is -2.14. The molecule has 0 unspecified atom stereocenters. The summed E-state index contributed by atoms with van der Waals surface area (Å²) >= 11 is 12.7. The maximum Gasteiger partial charge on any atom is 0.256 e. The van der Waals surface area contributed by atoms with E-state index >= 15 is 0 Å². The quantitative estimate of drug-likeness (QED) is 0.674. The summed E-state index contributed by atoms with van der Waals surface area (Å²) in [4.78, 5) is 12.4. The molecule has 2 rings (SSSR count). The lowest BCUT2D eigenvalue weighted by atomic mass is 10.1.